The van der Waals surface area contributed by atoms with Crippen molar-refractivity contribution in [3.8, 4) is 0 Å². The van der Waals surface area contributed by atoms with E-state index in [2.05, 4.69) is 20.8 Å². The molecule has 188 valence electrons. The molecule has 2 heterocycles. The molecule has 6 fully saturated rings. The van der Waals surface area contributed by atoms with Crippen molar-refractivity contribution < 1.29 is 29.9 Å². The molecule has 4 aliphatic carbocycles. The first-order chi connectivity index (χ1) is 15.6. The number of hydrogen-bond acceptors (Lipinski definition) is 6. The molecule has 2 saturated heterocycles. The van der Waals surface area contributed by atoms with Crippen LogP contribution >= 0.6 is 0 Å². The van der Waals surface area contributed by atoms with Crippen molar-refractivity contribution in [2.75, 3.05) is 13.2 Å². The van der Waals surface area contributed by atoms with E-state index < -0.39 is 24.1 Å². The molecule has 0 amide bonds. The largest absolute Gasteiger partial charge is 0.396 e. The van der Waals surface area contributed by atoms with Crippen molar-refractivity contribution in [1.82, 2.24) is 0 Å². The standard InChI is InChI=1S/C27H44O6/c1-14-24-23(33-27(14)7-4-15(12-28)13-32-27)10-18-16-8-20(29)19-9-21(30)22(31)11-26(19,3)17(16)5-6-25(18,24)2/h14-24,28-31H,4-13H2,1-3H3/t14-,15-,16-,17+,18-,19+,20+,21+,22+,23+,24+,25-,26+,27+/m0/s1. The number of aliphatic hydroxyl groups is 4. The Kier molecular flexibility index (Phi) is 5.36. The summed E-state index contributed by atoms with van der Waals surface area (Å²) in [5.41, 5.74) is 0.0706. The van der Waals surface area contributed by atoms with Crippen molar-refractivity contribution in [1.29, 1.82) is 0 Å². The van der Waals surface area contributed by atoms with Gasteiger partial charge >= 0.3 is 0 Å². The fourth-order valence-electron chi connectivity index (χ4n) is 10.4. The maximum Gasteiger partial charge on any atom is 0.171 e. The summed E-state index contributed by atoms with van der Waals surface area (Å²) in [7, 11) is 0. The van der Waals surface area contributed by atoms with Gasteiger partial charge < -0.3 is 29.9 Å². The van der Waals surface area contributed by atoms with E-state index in [9.17, 15) is 20.4 Å². The molecule has 0 unspecified atom stereocenters. The number of rotatable bonds is 1. The molecule has 6 aliphatic rings. The van der Waals surface area contributed by atoms with Crippen molar-refractivity contribution in [2.45, 2.75) is 102 Å². The summed E-state index contributed by atoms with van der Waals surface area (Å²) in [4.78, 5) is 0. The summed E-state index contributed by atoms with van der Waals surface area (Å²) in [6.07, 6.45) is 5.54. The lowest BCUT2D eigenvalue weighted by atomic mass is 9.43. The first kappa shape index (κ1) is 23.2. The average Bonchev–Trinajstić information content (AvgIpc) is 3.21. The summed E-state index contributed by atoms with van der Waals surface area (Å²) in [5.74, 6) is 2.09. The molecule has 0 aromatic carbocycles. The third kappa shape index (κ3) is 3.07. The Morgan fingerprint density at radius 2 is 1.64 bits per heavy atom. The summed E-state index contributed by atoms with van der Waals surface area (Å²) < 4.78 is 13.2. The van der Waals surface area contributed by atoms with Crippen LogP contribution in [0.3, 0.4) is 0 Å². The van der Waals surface area contributed by atoms with E-state index in [0.717, 1.165) is 32.1 Å². The Bertz CT molecular complexity index is 766. The molecule has 33 heavy (non-hydrogen) atoms. The van der Waals surface area contributed by atoms with Crippen LogP contribution in [-0.2, 0) is 9.47 Å². The lowest BCUT2D eigenvalue weighted by Gasteiger charge is -2.62. The molecule has 2 aliphatic heterocycles. The molecular weight excluding hydrogens is 420 g/mol. The van der Waals surface area contributed by atoms with E-state index in [4.69, 9.17) is 9.47 Å². The first-order valence-corrected chi connectivity index (χ1v) is 13.6. The van der Waals surface area contributed by atoms with Crippen molar-refractivity contribution in [3.63, 3.8) is 0 Å². The van der Waals surface area contributed by atoms with E-state index >= 15 is 0 Å². The van der Waals surface area contributed by atoms with E-state index in [1.165, 1.54) is 6.42 Å². The van der Waals surface area contributed by atoms with E-state index in [-0.39, 0.29) is 35.4 Å². The zero-order chi connectivity index (χ0) is 23.3. The molecule has 0 aromatic rings. The number of fused-ring (bicyclic) bond motifs is 7. The van der Waals surface area contributed by atoms with Gasteiger partial charge in [0.2, 0.25) is 0 Å². The second-order valence-corrected chi connectivity index (χ2v) is 13.3. The lowest BCUT2D eigenvalue weighted by Crippen LogP contribution is -2.61. The predicted octanol–water partition coefficient (Wildman–Crippen LogP) is 2.71. The van der Waals surface area contributed by atoms with E-state index in [1.807, 2.05) is 0 Å². The number of aliphatic hydroxyl groups excluding tert-OH is 4. The molecule has 4 saturated carbocycles. The van der Waals surface area contributed by atoms with Gasteiger partial charge in [0.1, 0.15) is 0 Å². The van der Waals surface area contributed by atoms with Gasteiger partial charge in [0, 0.05) is 24.9 Å². The van der Waals surface area contributed by atoms with Gasteiger partial charge in [0.25, 0.3) is 0 Å². The van der Waals surface area contributed by atoms with Gasteiger partial charge in [-0.1, -0.05) is 20.8 Å². The van der Waals surface area contributed by atoms with Crippen molar-refractivity contribution in [2.24, 2.45) is 52.3 Å². The van der Waals surface area contributed by atoms with Crippen LogP contribution in [0.1, 0.15) is 72.1 Å². The molecule has 6 nitrogen and oxygen atoms in total. The SMILES string of the molecule is C[C@H]1[C@@H]2[C@@H](C[C@H]3[C@H]4C[C@@H](O)[C@H]5C[C@@H](O)[C@H](O)C[C@]5(C)[C@@H]4CC[C@]23C)O[C@]12CC[C@@H](CO)CO2. The molecular formula is C27H44O6. The maximum atomic E-state index is 11.3. The van der Waals surface area contributed by atoms with Gasteiger partial charge in [-0.3, -0.25) is 0 Å². The highest BCUT2D eigenvalue weighted by Gasteiger charge is 2.70. The third-order valence-corrected chi connectivity index (χ3v) is 12.1. The monoisotopic (exact) mass is 464 g/mol. The van der Waals surface area contributed by atoms with Crippen molar-refractivity contribution >= 4 is 0 Å². The summed E-state index contributed by atoms with van der Waals surface area (Å²) >= 11 is 0. The Hall–Kier alpha value is -0.240. The van der Waals surface area contributed by atoms with Gasteiger partial charge in [-0.05, 0) is 85.4 Å². The molecule has 0 bridgehead atoms. The fraction of sp³-hybridized carbons (Fsp3) is 1.00. The highest BCUT2D eigenvalue weighted by atomic mass is 16.7. The second kappa shape index (κ2) is 7.63. The van der Waals surface area contributed by atoms with Crippen LogP contribution in [0, 0.1) is 52.3 Å². The minimum Gasteiger partial charge on any atom is -0.396 e. The molecule has 4 N–H and O–H groups in total. The highest BCUT2D eigenvalue weighted by molar-refractivity contribution is 5.16. The summed E-state index contributed by atoms with van der Waals surface area (Å²) in [6, 6.07) is 0. The highest BCUT2D eigenvalue weighted by Crippen LogP contribution is 2.71. The zero-order valence-electron chi connectivity index (χ0n) is 20.5. The zero-order valence-corrected chi connectivity index (χ0v) is 20.5. The van der Waals surface area contributed by atoms with Crippen LogP contribution < -0.4 is 0 Å². The fourth-order valence-corrected chi connectivity index (χ4v) is 10.4. The van der Waals surface area contributed by atoms with E-state index in [1.54, 1.807) is 0 Å². The molecule has 0 aromatic heterocycles. The van der Waals surface area contributed by atoms with Crippen LogP contribution in [-0.4, -0.2) is 63.8 Å². The van der Waals surface area contributed by atoms with Gasteiger partial charge in [-0.2, -0.15) is 0 Å². The molecule has 6 rings (SSSR count). The van der Waals surface area contributed by atoms with Crippen LogP contribution in [0.4, 0.5) is 0 Å². The van der Waals surface area contributed by atoms with Crippen LogP contribution in [0.2, 0.25) is 0 Å². The van der Waals surface area contributed by atoms with Gasteiger partial charge in [0.15, 0.2) is 5.79 Å². The minimum atomic E-state index is -0.708. The summed E-state index contributed by atoms with van der Waals surface area (Å²) in [6.45, 7) is 7.87. The topological polar surface area (TPSA) is 99.4 Å². The molecule has 14 atom stereocenters. The third-order valence-electron chi connectivity index (χ3n) is 12.1. The Morgan fingerprint density at radius 3 is 2.33 bits per heavy atom. The first-order valence-electron chi connectivity index (χ1n) is 13.6. The quantitative estimate of drug-likeness (QED) is 0.476. The molecule has 0 radical (unpaired) electrons. The van der Waals surface area contributed by atoms with Crippen LogP contribution in [0.15, 0.2) is 0 Å². The summed E-state index contributed by atoms with van der Waals surface area (Å²) in [5, 5.41) is 41.7. The Labute approximate surface area is 198 Å². The predicted molar refractivity (Wildman–Crippen MR) is 122 cm³/mol. The second-order valence-electron chi connectivity index (χ2n) is 13.3. The maximum absolute atomic E-state index is 11.3. The number of ether oxygens (including phenoxy) is 2. The van der Waals surface area contributed by atoms with Gasteiger partial charge in [0.05, 0.1) is 31.0 Å². The van der Waals surface area contributed by atoms with Gasteiger partial charge in [-0.25, -0.2) is 0 Å². The van der Waals surface area contributed by atoms with Crippen LogP contribution in [0.25, 0.3) is 0 Å². The smallest absolute Gasteiger partial charge is 0.171 e. The number of hydrogen-bond donors (Lipinski definition) is 4. The van der Waals surface area contributed by atoms with E-state index in [0.29, 0.717) is 49.0 Å². The minimum absolute atomic E-state index is 0.0796. The Morgan fingerprint density at radius 1 is 0.848 bits per heavy atom. The lowest BCUT2D eigenvalue weighted by molar-refractivity contribution is -0.276. The van der Waals surface area contributed by atoms with Crippen LogP contribution in [0.5, 0.6) is 0 Å². The average molecular weight is 465 g/mol. The molecule has 1 spiro atoms. The van der Waals surface area contributed by atoms with Gasteiger partial charge in [-0.15, -0.1) is 0 Å². The molecule has 6 heteroatoms. The normalized spacial score (nSPS) is 62.5. The Balaban J connectivity index is 1.26. The van der Waals surface area contributed by atoms with Crippen molar-refractivity contribution in [3.05, 3.63) is 0 Å².